The molecule has 1 aliphatic heterocycles. The van der Waals surface area contributed by atoms with Gasteiger partial charge in [-0.1, -0.05) is 32.9 Å². The highest BCUT2D eigenvalue weighted by Crippen LogP contribution is 2.67. The summed E-state index contributed by atoms with van der Waals surface area (Å²) in [6.45, 7) is 8.60. The van der Waals surface area contributed by atoms with Crippen LogP contribution in [0.25, 0.3) is 11.0 Å². The molecule has 26 heavy (non-hydrogen) atoms. The van der Waals surface area contributed by atoms with Crippen molar-refractivity contribution in [1.29, 1.82) is 0 Å². The molecule has 1 aromatic heterocycles. The van der Waals surface area contributed by atoms with Gasteiger partial charge in [-0.25, -0.2) is 9.97 Å². The number of piperidine rings is 1. The topological polar surface area (TPSA) is 46.1 Å². The van der Waals surface area contributed by atoms with Gasteiger partial charge in [0.1, 0.15) is 0 Å². The second kappa shape index (κ2) is 5.28. The van der Waals surface area contributed by atoms with Crippen molar-refractivity contribution in [2.75, 3.05) is 13.1 Å². The Morgan fingerprint density at radius 2 is 1.73 bits per heavy atom. The Bertz CT molecular complexity index is 897. The Morgan fingerprint density at radius 1 is 1.08 bits per heavy atom. The van der Waals surface area contributed by atoms with Crippen LogP contribution >= 0.6 is 0 Å². The molecule has 2 unspecified atom stereocenters. The van der Waals surface area contributed by atoms with Crippen LogP contribution in [0.5, 0.6) is 0 Å². The number of benzene rings is 1. The summed E-state index contributed by atoms with van der Waals surface area (Å²) in [6, 6.07) is 8.06. The zero-order valence-corrected chi connectivity index (χ0v) is 16.0. The second-order valence-corrected chi connectivity index (χ2v) is 9.14. The van der Waals surface area contributed by atoms with Crippen molar-refractivity contribution in [3.8, 4) is 0 Å². The number of aromatic nitrogens is 2. The number of amides is 1. The summed E-state index contributed by atoms with van der Waals surface area (Å²) in [7, 11) is 0. The quantitative estimate of drug-likeness (QED) is 0.780. The molecule has 1 saturated heterocycles. The summed E-state index contributed by atoms with van der Waals surface area (Å²) < 4.78 is 0. The maximum Gasteiger partial charge on any atom is 0.235 e. The monoisotopic (exact) mass is 349 g/mol. The van der Waals surface area contributed by atoms with Crippen molar-refractivity contribution in [3.63, 3.8) is 0 Å². The number of hydrogen-bond acceptors (Lipinski definition) is 3. The van der Waals surface area contributed by atoms with Crippen LogP contribution in [0.3, 0.4) is 0 Å². The number of carbonyl (C=O) groups is 1. The van der Waals surface area contributed by atoms with Crippen LogP contribution in [0.1, 0.15) is 63.8 Å². The maximum absolute atomic E-state index is 13.9. The predicted molar refractivity (Wildman–Crippen MR) is 102 cm³/mol. The van der Waals surface area contributed by atoms with Gasteiger partial charge in [0.2, 0.25) is 5.91 Å². The van der Waals surface area contributed by atoms with E-state index in [2.05, 4.69) is 25.7 Å². The molecule has 3 aliphatic rings. The van der Waals surface area contributed by atoms with Crippen LogP contribution in [0, 0.1) is 11.3 Å². The van der Waals surface area contributed by atoms with E-state index in [9.17, 15) is 4.79 Å². The smallest absolute Gasteiger partial charge is 0.235 e. The molecule has 4 nitrogen and oxygen atoms in total. The van der Waals surface area contributed by atoms with E-state index in [1.54, 1.807) is 0 Å². The number of para-hydroxylation sites is 2. The number of nitrogens with zero attached hydrogens (tertiary/aromatic N) is 3. The van der Waals surface area contributed by atoms with Crippen molar-refractivity contribution in [2.24, 2.45) is 11.3 Å². The van der Waals surface area contributed by atoms with Gasteiger partial charge >= 0.3 is 0 Å². The Hall–Kier alpha value is -1.97. The van der Waals surface area contributed by atoms with Crippen molar-refractivity contribution in [1.82, 2.24) is 14.9 Å². The second-order valence-electron chi connectivity index (χ2n) is 9.14. The van der Waals surface area contributed by atoms with Gasteiger partial charge in [0.25, 0.3) is 0 Å². The fraction of sp³-hybridized carbons (Fsp3) is 0.591. The minimum absolute atomic E-state index is 0.118. The van der Waals surface area contributed by atoms with Gasteiger partial charge in [0.15, 0.2) is 0 Å². The molecule has 2 aromatic rings. The van der Waals surface area contributed by atoms with E-state index in [1.165, 1.54) is 0 Å². The molecule has 2 heterocycles. The average Bonchev–Trinajstić information content (AvgIpc) is 3.01. The van der Waals surface area contributed by atoms with Gasteiger partial charge in [0, 0.05) is 19.0 Å². The van der Waals surface area contributed by atoms with Crippen LogP contribution in [-0.4, -0.2) is 33.9 Å². The van der Waals surface area contributed by atoms with Crippen LogP contribution in [0.15, 0.2) is 24.3 Å². The van der Waals surface area contributed by atoms with Gasteiger partial charge < -0.3 is 4.90 Å². The number of likely N-dealkylation sites (tertiary alicyclic amines) is 1. The number of rotatable bonds is 1. The zero-order chi connectivity index (χ0) is 18.1. The number of carbonyl (C=O) groups excluding carboxylic acids is 1. The van der Waals surface area contributed by atoms with Crippen LogP contribution in [0.2, 0.25) is 0 Å². The third-order valence-electron chi connectivity index (χ3n) is 7.55. The van der Waals surface area contributed by atoms with E-state index in [0.29, 0.717) is 11.8 Å². The van der Waals surface area contributed by atoms with Crippen LogP contribution in [0.4, 0.5) is 0 Å². The summed E-state index contributed by atoms with van der Waals surface area (Å²) in [5, 5.41) is 0. The molecular formula is C22H27N3O. The Labute approximate surface area is 155 Å². The minimum Gasteiger partial charge on any atom is -0.342 e. The lowest BCUT2D eigenvalue weighted by molar-refractivity contribution is -0.142. The molecule has 1 aromatic carbocycles. The third kappa shape index (κ3) is 1.88. The first-order chi connectivity index (χ1) is 12.4. The molecule has 1 amide bonds. The molecule has 2 aliphatic carbocycles. The van der Waals surface area contributed by atoms with E-state index < -0.39 is 5.41 Å². The molecule has 0 spiro atoms. The van der Waals surface area contributed by atoms with Gasteiger partial charge in [0.05, 0.1) is 27.8 Å². The highest BCUT2D eigenvalue weighted by atomic mass is 16.2. The molecular weight excluding hydrogens is 322 g/mol. The summed E-state index contributed by atoms with van der Waals surface area (Å²) in [5.41, 5.74) is 3.30. The number of fused-ring (bicyclic) bond motifs is 6. The van der Waals surface area contributed by atoms with Gasteiger partial charge in [-0.2, -0.15) is 0 Å². The van der Waals surface area contributed by atoms with Crippen molar-refractivity contribution in [2.45, 2.75) is 57.8 Å². The molecule has 0 radical (unpaired) electrons. The first-order valence-corrected chi connectivity index (χ1v) is 10.0. The first kappa shape index (κ1) is 16.2. The summed E-state index contributed by atoms with van der Waals surface area (Å²) in [6.07, 6.45) is 4.18. The Morgan fingerprint density at radius 3 is 2.42 bits per heavy atom. The molecule has 136 valence electrons. The fourth-order valence-corrected chi connectivity index (χ4v) is 5.78. The van der Waals surface area contributed by atoms with Gasteiger partial charge in [-0.3, -0.25) is 4.79 Å². The van der Waals surface area contributed by atoms with E-state index in [0.717, 1.165) is 67.1 Å². The molecule has 2 fully saturated rings. The first-order valence-electron chi connectivity index (χ1n) is 10.0. The maximum atomic E-state index is 13.9. The summed E-state index contributed by atoms with van der Waals surface area (Å²) in [4.78, 5) is 26.0. The van der Waals surface area contributed by atoms with E-state index >= 15 is 0 Å². The van der Waals surface area contributed by atoms with Crippen LogP contribution < -0.4 is 0 Å². The number of hydrogen-bond donors (Lipinski definition) is 0. The average molecular weight is 349 g/mol. The van der Waals surface area contributed by atoms with E-state index in [-0.39, 0.29) is 5.41 Å². The Kier molecular flexibility index (Phi) is 3.29. The lowest BCUT2D eigenvalue weighted by atomic mass is 9.67. The Balaban J connectivity index is 1.66. The molecule has 0 N–H and O–H groups in total. The minimum atomic E-state index is -0.495. The largest absolute Gasteiger partial charge is 0.342 e. The normalized spacial score (nSPS) is 30.0. The zero-order valence-electron chi connectivity index (χ0n) is 16.0. The van der Waals surface area contributed by atoms with Gasteiger partial charge in [-0.05, 0) is 49.1 Å². The highest BCUT2D eigenvalue weighted by molar-refractivity contribution is 5.92. The molecule has 2 bridgehead atoms. The third-order valence-corrected chi connectivity index (χ3v) is 7.55. The van der Waals surface area contributed by atoms with Crippen molar-refractivity contribution < 1.29 is 4.79 Å². The predicted octanol–water partition coefficient (Wildman–Crippen LogP) is 4.04. The SMILES string of the molecule is CC1CCN(C(=O)C23CCC(c4nc5ccccc5nc42)C3(C)C)CC1. The molecule has 4 heteroatoms. The summed E-state index contributed by atoms with van der Waals surface area (Å²) >= 11 is 0. The van der Waals surface area contributed by atoms with Gasteiger partial charge in [-0.15, -0.1) is 0 Å². The van der Waals surface area contributed by atoms with Crippen molar-refractivity contribution in [3.05, 3.63) is 35.7 Å². The highest BCUT2D eigenvalue weighted by Gasteiger charge is 2.68. The standard InChI is InChI=1S/C22H27N3O/c1-14-9-12-25(13-10-14)20(26)22-11-8-15(21(22,2)3)18-19(22)24-17-7-5-4-6-16(17)23-18/h4-7,14-15H,8-13H2,1-3H3. The lowest BCUT2D eigenvalue weighted by Gasteiger charge is -2.42. The fourth-order valence-electron chi connectivity index (χ4n) is 5.78. The molecule has 5 rings (SSSR count). The molecule has 2 atom stereocenters. The lowest BCUT2D eigenvalue weighted by Crippen LogP contribution is -2.53. The van der Waals surface area contributed by atoms with Crippen molar-refractivity contribution >= 4 is 16.9 Å². The van der Waals surface area contributed by atoms with Crippen LogP contribution in [-0.2, 0) is 10.2 Å². The van der Waals surface area contributed by atoms with E-state index in [4.69, 9.17) is 9.97 Å². The molecule has 1 saturated carbocycles. The van der Waals surface area contributed by atoms with E-state index in [1.807, 2.05) is 24.3 Å². The summed E-state index contributed by atoms with van der Waals surface area (Å²) in [5.74, 6) is 1.36.